The van der Waals surface area contributed by atoms with Crippen LogP contribution in [0.3, 0.4) is 0 Å². The highest BCUT2D eigenvalue weighted by atomic mass is 32.2. The maximum Gasteiger partial charge on any atom is 0.246 e. The Morgan fingerprint density at radius 3 is 2.79 bits per heavy atom. The number of hydrogen-bond donors (Lipinski definition) is 1. The van der Waals surface area contributed by atoms with Crippen molar-refractivity contribution < 1.29 is 9.59 Å². The number of likely N-dealkylation sites (tertiary alicyclic amines) is 1. The van der Waals surface area contributed by atoms with E-state index in [2.05, 4.69) is 17.4 Å². The fourth-order valence-corrected chi connectivity index (χ4v) is 2.83. The first kappa shape index (κ1) is 14.1. The molecule has 0 aliphatic carbocycles. The molecule has 1 N–H and O–H groups in total. The van der Waals surface area contributed by atoms with Crippen LogP contribution < -0.4 is 5.32 Å². The zero-order valence-electron chi connectivity index (χ0n) is 11.0. The topological polar surface area (TPSA) is 49.4 Å². The molecule has 4 nitrogen and oxygen atoms in total. The molecule has 102 valence electrons. The number of amides is 2. The van der Waals surface area contributed by atoms with Gasteiger partial charge in [-0.05, 0) is 18.6 Å². The van der Waals surface area contributed by atoms with Gasteiger partial charge in [-0.2, -0.15) is 0 Å². The highest BCUT2D eigenvalue weighted by Gasteiger charge is 2.30. The van der Waals surface area contributed by atoms with Crippen molar-refractivity contribution in [2.24, 2.45) is 0 Å². The lowest BCUT2D eigenvalue weighted by atomic mass is 10.1. The number of hydrogen-bond acceptors (Lipinski definition) is 4. The van der Waals surface area contributed by atoms with E-state index in [1.807, 2.05) is 18.2 Å². The zero-order valence-corrected chi connectivity index (χ0v) is 11.8. The van der Waals surface area contributed by atoms with Gasteiger partial charge in [0.2, 0.25) is 11.8 Å². The summed E-state index contributed by atoms with van der Waals surface area (Å²) in [5.74, 6) is 0.716. The van der Waals surface area contributed by atoms with Crippen LogP contribution in [-0.2, 0) is 9.59 Å². The number of thioether (sulfide) groups is 1. The summed E-state index contributed by atoms with van der Waals surface area (Å²) in [5.41, 5.74) is 0. The molecule has 5 heteroatoms. The molecule has 1 aliphatic heterocycles. The Hall–Kier alpha value is -1.33. The number of benzene rings is 1. The molecule has 1 heterocycles. The summed E-state index contributed by atoms with van der Waals surface area (Å²) in [6.45, 7) is 0.762. The van der Waals surface area contributed by atoms with Crippen LogP contribution in [0.25, 0.3) is 0 Å². The Bertz CT molecular complexity index is 450. The van der Waals surface area contributed by atoms with Crippen molar-refractivity contribution in [3.63, 3.8) is 0 Å². The van der Waals surface area contributed by atoms with E-state index in [0.29, 0.717) is 12.8 Å². The fraction of sp³-hybridized carbons (Fsp3) is 0.429. The van der Waals surface area contributed by atoms with Crippen molar-refractivity contribution in [1.82, 2.24) is 10.2 Å². The van der Waals surface area contributed by atoms with Crippen molar-refractivity contribution in [3.8, 4) is 0 Å². The molecule has 1 aromatic carbocycles. The number of likely N-dealkylation sites (N-methyl/N-ethyl adjacent to an activating group) is 1. The molecular weight excluding hydrogens is 260 g/mol. The van der Waals surface area contributed by atoms with Gasteiger partial charge in [0.25, 0.3) is 0 Å². The lowest BCUT2D eigenvalue weighted by Crippen LogP contribution is -2.51. The Balaban J connectivity index is 1.71. The minimum Gasteiger partial charge on any atom is -0.305 e. The number of piperidine rings is 1. The maximum absolute atomic E-state index is 11.8. The minimum atomic E-state index is -0.209. The SMILES string of the molecule is CN1C(=O)CCC(NCCSc2ccccc2)C1=O. The van der Waals surface area contributed by atoms with Gasteiger partial charge in [0, 0.05) is 30.7 Å². The Labute approximate surface area is 117 Å². The molecule has 1 aliphatic rings. The molecule has 1 unspecified atom stereocenters. The lowest BCUT2D eigenvalue weighted by molar-refractivity contribution is -0.148. The van der Waals surface area contributed by atoms with Crippen molar-refractivity contribution in [1.29, 1.82) is 0 Å². The van der Waals surface area contributed by atoms with Crippen LogP contribution in [0.4, 0.5) is 0 Å². The van der Waals surface area contributed by atoms with E-state index in [0.717, 1.165) is 12.3 Å². The standard InChI is InChI=1S/C14H18N2O2S/c1-16-13(17)8-7-12(14(16)18)15-9-10-19-11-5-3-2-4-6-11/h2-6,12,15H,7-10H2,1H3. The summed E-state index contributed by atoms with van der Waals surface area (Å²) >= 11 is 1.76. The molecule has 1 fully saturated rings. The van der Waals surface area contributed by atoms with Gasteiger partial charge in [0.15, 0.2) is 0 Å². The molecule has 0 aromatic heterocycles. The van der Waals surface area contributed by atoms with Crippen LogP contribution in [0.15, 0.2) is 35.2 Å². The highest BCUT2D eigenvalue weighted by molar-refractivity contribution is 7.99. The molecule has 1 atom stereocenters. The van der Waals surface area contributed by atoms with Gasteiger partial charge in [0.05, 0.1) is 6.04 Å². The number of nitrogens with one attached hydrogen (secondary N) is 1. The second-order valence-electron chi connectivity index (χ2n) is 4.50. The van der Waals surface area contributed by atoms with E-state index in [1.54, 1.807) is 18.8 Å². The second-order valence-corrected chi connectivity index (χ2v) is 5.67. The van der Waals surface area contributed by atoms with E-state index in [-0.39, 0.29) is 17.9 Å². The van der Waals surface area contributed by atoms with Crippen molar-refractivity contribution in [2.45, 2.75) is 23.8 Å². The average molecular weight is 278 g/mol. The van der Waals surface area contributed by atoms with Crippen molar-refractivity contribution >= 4 is 23.6 Å². The van der Waals surface area contributed by atoms with Crippen molar-refractivity contribution in [3.05, 3.63) is 30.3 Å². The average Bonchev–Trinajstić information content (AvgIpc) is 2.44. The number of rotatable bonds is 5. The summed E-state index contributed by atoms with van der Waals surface area (Å²) in [6.07, 6.45) is 1.06. The van der Waals surface area contributed by atoms with Crippen LogP contribution in [0.5, 0.6) is 0 Å². The van der Waals surface area contributed by atoms with Crippen molar-refractivity contribution in [2.75, 3.05) is 19.3 Å². The number of nitrogens with zero attached hydrogens (tertiary/aromatic N) is 1. The number of carbonyl (C=O) groups is 2. The largest absolute Gasteiger partial charge is 0.305 e. The molecule has 1 aromatic rings. The Kier molecular flexibility index (Phi) is 4.99. The molecule has 0 saturated carbocycles. The molecule has 19 heavy (non-hydrogen) atoms. The first-order chi connectivity index (χ1) is 9.18. The first-order valence-corrected chi connectivity index (χ1v) is 7.38. The third kappa shape index (κ3) is 3.81. The number of carbonyl (C=O) groups excluding carboxylic acids is 2. The van der Waals surface area contributed by atoms with Gasteiger partial charge in [0.1, 0.15) is 0 Å². The van der Waals surface area contributed by atoms with Crippen LogP contribution in [0.2, 0.25) is 0 Å². The molecule has 2 amide bonds. The highest BCUT2D eigenvalue weighted by Crippen LogP contribution is 2.16. The van der Waals surface area contributed by atoms with E-state index in [4.69, 9.17) is 0 Å². The predicted octanol–water partition coefficient (Wildman–Crippen LogP) is 1.52. The molecule has 2 rings (SSSR count). The summed E-state index contributed by atoms with van der Waals surface area (Å²) in [4.78, 5) is 25.6. The van der Waals surface area contributed by atoms with Gasteiger partial charge >= 0.3 is 0 Å². The maximum atomic E-state index is 11.8. The molecular formula is C14H18N2O2S. The summed E-state index contributed by atoms with van der Waals surface area (Å²) in [5, 5.41) is 3.23. The van der Waals surface area contributed by atoms with Crippen LogP contribution in [-0.4, -0.2) is 42.1 Å². The summed E-state index contributed by atoms with van der Waals surface area (Å²) in [7, 11) is 1.55. The van der Waals surface area contributed by atoms with E-state index in [9.17, 15) is 9.59 Å². The van der Waals surface area contributed by atoms with Gasteiger partial charge < -0.3 is 5.32 Å². The summed E-state index contributed by atoms with van der Waals surface area (Å²) in [6, 6.07) is 9.96. The van der Waals surface area contributed by atoms with Crippen LogP contribution in [0.1, 0.15) is 12.8 Å². The monoisotopic (exact) mass is 278 g/mol. The molecule has 0 radical (unpaired) electrons. The predicted molar refractivity (Wildman–Crippen MR) is 76.0 cm³/mol. The van der Waals surface area contributed by atoms with Gasteiger partial charge in [-0.3, -0.25) is 14.5 Å². The van der Waals surface area contributed by atoms with Crippen LogP contribution in [0, 0.1) is 0 Å². The van der Waals surface area contributed by atoms with E-state index >= 15 is 0 Å². The summed E-state index contributed by atoms with van der Waals surface area (Å²) < 4.78 is 0. The Morgan fingerprint density at radius 2 is 2.05 bits per heavy atom. The van der Waals surface area contributed by atoms with Gasteiger partial charge in [-0.1, -0.05) is 18.2 Å². The van der Waals surface area contributed by atoms with E-state index < -0.39 is 0 Å². The van der Waals surface area contributed by atoms with Gasteiger partial charge in [-0.25, -0.2) is 0 Å². The Morgan fingerprint density at radius 1 is 1.32 bits per heavy atom. The third-order valence-electron chi connectivity index (χ3n) is 3.15. The van der Waals surface area contributed by atoms with E-state index in [1.165, 1.54) is 9.80 Å². The number of imide groups is 1. The molecule has 1 saturated heterocycles. The lowest BCUT2D eigenvalue weighted by Gasteiger charge is -2.28. The van der Waals surface area contributed by atoms with Crippen LogP contribution >= 0.6 is 11.8 Å². The quantitative estimate of drug-likeness (QED) is 0.504. The molecule has 0 spiro atoms. The van der Waals surface area contributed by atoms with Gasteiger partial charge in [-0.15, -0.1) is 11.8 Å². The zero-order chi connectivity index (χ0) is 13.7. The fourth-order valence-electron chi connectivity index (χ4n) is 2.02. The minimum absolute atomic E-state index is 0.0817. The molecule has 0 bridgehead atoms. The normalized spacial score (nSPS) is 19.8. The second kappa shape index (κ2) is 6.73. The smallest absolute Gasteiger partial charge is 0.246 e. The third-order valence-corrected chi connectivity index (χ3v) is 4.17. The first-order valence-electron chi connectivity index (χ1n) is 6.40.